The number of carbonyl (C=O) groups excluding carboxylic acids is 2. The summed E-state index contributed by atoms with van der Waals surface area (Å²) in [6.07, 6.45) is -1.60. The van der Waals surface area contributed by atoms with Crippen LogP contribution in [0.25, 0.3) is 0 Å². The zero-order valence-electron chi connectivity index (χ0n) is 20.7. The van der Waals surface area contributed by atoms with Crippen molar-refractivity contribution >= 4 is 12.3 Å². The van der Waals surface area contributed by atoms with Gasteiger partial charge >= 0.3 is 12.3 Å². The van der Waals surface area contributed by atoms with E-state index in [4.69, 9.17) is 18.9 Å². The van der Waals surface area contributed by atoms with Crippen molar-refractivity contribution in [2.75, 3.05) is 7.11 Å². The lowest BCUT2D eigenvalue weighted by Gasteiger charge is -2.14. The van der Waals surface area contributed by atoms with E-state index in [1.807, 2.05) is 62.4 Å². The number of carbonyl (C=O) groups is 2. The van der Waals surface area contributed by atoms with Gasteiger partial charge in [-0.25, -0.2) is 9.59 Å². The van der Waals surface area contributed by atoms with Crippen LogP contribution in [0.4, 0.5) is 9.59 Å². The molecule has 0 aliphatic heterocycles. The van der Waals surface area contributed by atoms with Crippen LogP contribution in [0.5, 0.6) is 28.7 Å². The summed E-state index contributed by atoms with van der Waals surface area (Å²) in [5.41, 5.74) is 3.20. The van der Waals surface area contributed by atoms with Gasteiger partial charge in [0.1, 0.15) is 28.7 Å². The molecule has 4 aromatic carbocycles. The molecule has 7 heteroatoms. The zero-order valence-corrected chi connectivity index (χ0v) is 20.7. The number of methoxy groups -OCH3 is 1. The molecule has 1 atom stereocenters. The van der Waals surface area contributed by atoms with Crippen LogP contribution >= 0.6 is 0 Å². The van der Waals surface area contributed by atoms with Crippen molar-refractivity contribution < 1.29 is 33.3 Å². The van der Waals surface area contributed by atoms with Crippen LogP contribution in [0.15, 0.2) is 97.1 Å². The van der Waals surface area contributed by atoms with Crippen molar-refractivity contribution in [1.29, 1.82) is 0 Å². The Bertz CT molecular complexity index is 1330. The molecule has 0 N–H and O–H groups in total. The molecule has 0 aromatic heterocycles. The Morgan fingerprint density at radius 1 is 0.541 bits per heavy atom. The first-order chi connectivity index (χ1) is 17.9. The van der Waals surface area contributed by atoms with Crippen molar-refractivity contribution in [3.63, 3.8) is 0 Å². The Kier molecular flexibility index (Phi) is 8.05. The molecule has 0 heterocycles. The topological polar surface area (TPSA) is 80.3 Å². The molecule has 188 valence electrons. The minimum Gasteiger partial charge on any atom is -0.457 e. The number of hydrogen-bond acceptors (Lipinski definition) is 7. The fourth-order valence-electron chi connectivity index (χ4n) is 3.51. The molecule has 0 aliphatic rings. The number of aryl methyl sites for hydroxylation is 1. The van der Waals surface area contributed by atoms with Crippen molar-refractivity contribution in [1.82, 2.24) is 0 Å². The standard InChI is InChI=1S/C30H26O7/c1-20-4-10-24(11-5-20)34-25-16-18-28(19-17-25)37-30(32)36-27-14-8-23(9-15-27)21(2)22-6-12-26(13-7-22)35-29(31)33-3/h4-19,21H,1-3H3. The number of benzene rings is 4. The number of hydrogen-bond donors (Lipinski definition) is 0. The minimum absolute atomic E-state index is 0.0637. The second kappa shape index (κ2) is 11.8. The highest BCUT2D eigenvalue weighted by atomic mass is 16.7. The van der Waals surface area contributed by atoms with Crippen molar-refractivity contribution in [2.45, 2.75) is 19.8 Å². The normalized spacial score (nSPS) is 11.2. The van der Waals surface area contributed by atoms with E-state index in [1.54, 1.807) is 48.5 Å². The van der Waals surface area contributed by atoms with Gasteiger partial charge in [0.2, 0.25) is 0 Å². The van der Waals surface area contributed by atoms with Gasteiger partial charge in [-0.1, -0.05) is 48.9 Å². The highest BCUT2D eigenvalue weighted by Crippen LogP contribution is 2.28. The summed E-state index contributed by atoms with van der Waals surface area (Å²) < 4.78 is 25.9. The highest BCUT2D eigenvalue weighted by Gasteiger charge is 2.12. The van der Waals surface area contributed by atoms with Crippen LogP contribution in [0.2, 0.25) is 0 Å². The van der Waals surface area contributed by atoms with Gasteiger partial charge in [0.25, 0.3) is 0 Å². The van der Waals surface area contributed by atoms with E-state index < -0.39 is 12.3 Å². The number of rotatable bonds is 7. The summed E-state index contributed by atoms with van der Waals surface area (Å²) in [6, 6.07) is 28.8. The fraction of sp³-hybridized carbons (Fsp3) is 0.133. The van der Waals surface area contributed by atoms with Gasteiger partial charge in [0, 0.05) is 5.92 Å². The van der Waals surface area contributed by atoms with Crippen LogP contribution in [0, 0.1) is 6.92 Å². The molecule has 0 fully saturated rings. The molecular formula is C30H26O7. The average molecular weight is 499 g/mol. The predicted molar refractivity (Wildman–Crippen MR) is 138 cm³/mol. The Morgan fingerprint density at radius 3 is 1.32 bits per heavy atom. The van der Waals surface area contributed by atoms with Gasteiger partial charge in [-0.15, -0.1) is 0 Å². The zero-order chi connectivity index (χ0) is 26.2. The first kappa shape index (κ1) is 25.3. The third-order valence-corrected chi connectivity index (χ3v) is 5.61. The van der Waals surface area contributed by atoms with E-state index in [0.717, 1.165) is 22.4 Å². The molecular weight excluding hydrogens is 472 g/mol. The smallest absolute Gasteiger partial charge is 0.457 e. The first-order valence-corrected chi connectivity index (χ1v) is 11.6. The molecule has 7 nitrogen and oxygen atoms in total. The van der Waals surface area contributed by atoms with Crippen LogP contribution in [0.3, 0.4) is 0 Å². The lowest BCUT2D eigenvalue weighted by atomic mass is 9.93. The van der Waals surface area contributed by atoms with Gasteiger partial charge in [-0.3, -0.25) is 0 Å². The molecule has 0 radical (unpaired) electrons. The molecule has 0 saturated heterocycles. The van der Waals surface area contributed by atoms with E-state index in [9.17, 15) is 9.59 Å². The summed E-state index contributed by atoms with van der Waals surface area (Å²) in [4.78, 5) is 23.5. The van der Waals surface area contributed by atoms with E-state index >= 15 is 0 Å². The molecule has 4 aromatic rings. The lowest BCUT2D eigenvalue weighted by molar-refractivity contribution is 0.121. The van der Waals surface area contributed by atoms with Crippen molar-refractivity contribution in [3.8, 4) is 28.7 Å². The van der Waals surface area contributed by atoms with E-state index in [-0.39, 0.29) is 5.92 Å². The molecule has 4 rings (SSSR count). The summed E-state index contributed by atoms with van der Waals surface area (Å²) in [5, 5.41) is 0. The van der Waals surface area contributed by atoms with Crippen LogP contribution < -0.4 is 18.9 Å². The van der Waals surface area contributed by atoms with Gasteiger partial charge < -0.3 is 23.7 Å². The third-order valence-electron chi connectivity index (χ3n) is 5.61. The summed E-state index contributed by atoms with van der Waals surface area (Å²) in [5.74, 6) is 2.52. The quantitative estimate of drug-likeness (QED) is 0.191. The minimum atomic E-state index is -0.839. The van der Waals surface area contributed by atoms with Crippen molar-refractivity contribution in [2.24, 2.45) is 0 Å². The molecule has 1 unspecified atom stereocenters. The maximum Gasteiger partial charge on any atom is 0.519 e. The maximum atomic E-state index is 12.2. The molecule has 0 aliphatic carbocycles. The van der Waals surface area contributed by atoms with Gasteiger partial charge in [0.05, 0.1) is 7.11 Å². The van der Waals surface area contributed by atoms with Gasteiger partial charge in [0.15, 0.2) is 0 Å². The average Bonchev–Trinajstić information content (AvgIpc) is 2.91. The first-order valence-electron chi connectivity index (χ1n) is 11.6. The van der Waals surface area contributed by atoms with E-state index in [0.29, 0.717) is 23.0 Å². The monoisotopic (exact) mass is 498 g/mol. The van der Waals surface area contributed by atoms with E-state index in [1.165, 1.54) is 7.11 Å². The predicted octanol–water partition coefficient (Wildman–Crippen LogP) is 7.66. The second-order valence-corrected chi connectivity index (χ2v) is 8.26. The van der Waals surface area contributed by atoms with E-state index in [2.05, 4.69) is 4.74 Å². The summed E-state index contributed by atoms with van der Waals surface area (Å²) in [6.45, 7) is 4.06. The molecule has 0 saturated carbocycles. The molecule has 0 bridgehead atoms. The third kappa shape index (κ3) is 7.11. The maximum absolute atomic E-state index is 12.2. The Balaban J connectivity index is 1.30. The molecule has 37 heavy (non-hydrogen) atoms. The Morgan fingerprint density at radius 2 is 0.892 bits per heavy atom. The SMILES string of the molecule is COC(=O)Oc1ccc(C(C)c2ccc(OC(=O)Oc3ccc(Oc4ccc(C)cc4)cc3)cc2)cc1. The molecule has 0 amide bonds. The Labute approximate surface area is 215 Å². The van der Waals surface area contributed by atoms with Gasteiger partial charge in [-0.05, 0) is 78.7 Å². The lowest BCUT2D eigenvalue weighted by Crippen LogP contribution is -2.13. The summed E-state index contributed by atoms with van der Waals surface area (Å²) in [7, 11) is 1.26. The number of ether oxygens (including phenoxy) is 5. The summed E-state index contributed by atoms with van der Waals surface area (Å²) >= 11 is 0. The highest BCUT2D eigenvalue weighted by molar-refractivity contribution is 5.67. The van der Waals surface area contributed by atoms with Crippen LogP contribution in [-0.4, -0.2) is 19.4 Å². The van der Waals surface area contributed by atoms with Crippen LogP contribution in [0.1, 0.15) is 29.5 Å². The van der Waals surface area contributed by atoms with Gasteiger partial charge in [-0.2, -0.15) is 0 Å². The fourth-order valence-corrected chi connectivity index (χ4v) is 3.51. The second-order valence-electron chi connectivity index (χ2n) is 8.26. The van der Waals surface area contributed by atoms with Crippen LogP contribution in [-0.2, 0) is 4.74 Å². The van der Waals surface area contributed by atoms with Crippen molar-refractivity contribution in [3.05, 3.63) is 114 Å². The molecule has 0 spiro atoms. The Hall–Kier alpha value is -4.78. The largest absolute Gasteiger partial charge is 0.519 e.